The third-order valence-corrected chi connectivity index (χ3v) is 2.85. The fourth-order valence-corrected chi connectivity index (χ4v) is 1.86. The van der Waals surface area contributed by atoms with Crippen LogP contribution in [-0.2, 0) is 6.42 Å². The largest absolute Gasteiger partial charge is 0.368 e. The van der Waals surface area contributed by atoms with Crippen LogP contribution in [0, 0.1) is 0 Å². The van der Waals surface area contributed by atoms with Crippen molar-refractivity contribution in [3.05, 3.63) is 42.2 Å². The van der Waals surface area contributed by atoms with Crippen LogP contribution >= 0.6 is 0 Å². The summed E-state index contributed by atoms with van der Waals surface area (Å²) in [5.74, 6) is 0.868. The predicted octanol–water partition coefficient (Wildman–Crippen LogP) is 3.53. The highest BCUT2D eigenvalue weighted by atomic mass is 15.0. The molecule has 0 spiro atoms. The van der Waals surface area contributed by atoms with Crippen molar-refractivity contribution in [3.63, 3.8) is 0 Å². The van der Waals surface area contributed by atoms with E-state index in [0.29, 0.717) is 0 Å². The van der Waals surface area contributed by atoms with Crippen molar-refractivity contribution in [1.29, 1.82) is 0 Å². The fraction of sp³-hybridized carbons (Fsp3) is 0.333. The lowest BCUT2D eigenvalue weighted by atomic mass is 10.1. The molecule has 0 saturated heterocycles. The van der Waals surface area contributed by atoms with Crippen molar-refractivity contribution in [2.45, 2.75) is 26.7 Å². The Hall–Kier alpha value is -1.90. The number of nitrogens with one attached hydrogen (secondary N) is 1. The molecule has 3 heteroatoms. The number of anilines is 1. The molecule has 94 valence electrons. The van der Waals surface area contributed by atoms with Crippen molar-refractivity contribution in [2.24, 2.45) is 0 Å². The Balaban J connectivity index is 2.36. The molecule has 0 aliphatic carbocycles. The summed E-state index contributed by atoms with van der Waals surface area (Å²) in [5.41, 5.74) is 3.38. The zero-order chi connectivity index (χ0) is 12.8. The minimum absolute atomic E-state index is 0.868. The van der Waals surface area contributed by atoms with Crippen molar-refractivity contribution in [1.82, 2.24) is 9.97 Å². The van der Waals surface area contributed by atoms with E-state index in [4.69, 9.17) is 0 Å². The number of nitrogens with zero attached hydrogens (tertiary/aromatic N) is 2. The molecule has 2 aromatic rings. The van der Waals surface area contributed by atoms with Gasteiger partial charge in [0, 0.05) is 24.5 Å². The van der Waals surface area contributed by atoms with Gasteiger partial charge in [-0.1, -0.05) is 32.0 Å². The first-order valence-corrected chi connectivity index (χ1v) is 6.49. The normalized spacial score (nSPS) is 10.3. The maximum atomic E-state index is 4.45. The maximum absolute atomic E-state index is 4.45. The second kappa shape index (κ2) is 6.15. The molecule has 3 nitrogen and oxygen atoms in total. The van der Waals surface area contributed by atoms with Crippen molar-refractivity contribution >= 4 is 5.82 Å². The lowest BCUT2D eigenvalue weighted by molar-refractivity contribution is 0.965. The molecule has 0 aliphatic heterocycles. The molecule has 0 atom stereocenters. The molecule has 0 aliphatic rings. The van der Waals surface area contributed by atoms with E-state index in [-0.39, 0.29) is 0 Å². The lowest BCUT2D eigenvalue weighted by Crippen LogP contribution is -2.04. The summed E-state index contributed by atoms with van der Waals surface area (Å²) in [4.78, 5) is 8.83. The van der Waals surface area contributed by atoms with Gasteiger partial charge < -0.3 is 5.32 Å². The Kier molecular flexibility index (Phi) is 4.29. The first-order valence-electron chi connectivity index (χ1n) is 6.49. The summed E-state index contributed by atoms with van der Waals surface area (Å²) < 4.78 is 0. The van der Waals surface area contributed by atoms with E-state index in [1.807, 2.05) is 0 Å². The van der Waals surface area contributed by atoms with Crippen LogP contribution in [-0.4, -0.2) is 16.5 Å². The molecule has 0 fully saturated rings. The van der Waals surface area contributed by atoms with Gasteiger partial charge in [0.2, 0.25) is 0 Å². The van der Waals surface area contributed by atoms with Gasteiger partial charge in [-0.2, -0.15) is 0 Å². The van der Waals surface area contributed by atoms with Gasteiger partial charge in [0.1, 0.15) is 5.69 Å². The van der Waals surface area contributed by atoms with Crippen LogP contribution in [0.1, 0.15) is 25.8 Å². The molecule has 0 bridgehead atoms. The summed E-state index contributed by atoms with van der Waals surface area (Å²) in [6.07, 6.45) is 5.58. The zero-order valence-corrected chi connectivity index (χ0v) is 11.0. The first-order chi connectivity index (χ1) is 8.85. The third kappa shape index (κ3) is 2.86. The van der Waals surface area contributed by atoms with Crippen LogP contribution in [0.4, 0.5) is 5.82 Å². The summed E-state index contributed by atoms with van der Waals surface area (Å²) in [5, 5.41) is 3.33. The van der Waals surface area contributed by atoms with Crippen LogP contribution in [0.3, 0.4) is 0 Å². The molecule has 2 rings (SSSR count). The zero-order valence-electron chi connectivity index (χ0n) is 11.0. The van der Waals surface area contributed by atoms with Gasteiger partial charge in [0.05, 0.1) is 0 Å². The Labute approximate surface area is 108 Å². The minimum Gasteiger partial charge on any atom is -0.368 e. The lowest BCUT2D eigenvalue weighted by Gasteiger charge is -2.09. The Morgan fingerprint density at radius 3 is 2.72 bits per heavy atom. The maximum Gasteiger partial charge on any atom is 0.152 e. The molecule has 1 N–H and O–H groups in total. The molecule has 0 radical (unpaired) electrons. The quantitative estimate of drug-likeness (QED) is 0.870. The molecule has 1 aromatic heterocycles. The van der Waals surface area contributed by atoms with Crippen molar-refractivity contribution in [2.75, 3.05) is 11.9 Å². The number of hydrogen-bond donors (Lipinski definition) is 1. The van der Waals surface area contributed by atoms with E-state index in [0.717, 1.165) is 36.5 Å². The second-order valence-corrected chi connectivity index (χ2v) is 4.23. The second-order valence-electron chi connectivity index (χ2n) is 4.23. The number of aryl methyl sites for hydroxylation is 1. The SMILES string of the molecule is CCCNc1nccnc1-c1cccc(CC)c1. The summed E-state index contributed by atoms with van der Waals surface area (Å²) in [6.45, 7) is 5.21. The predicted molar refractivity (Wildman–Crippen MR) is 75.6 cm³/mol. The number of hydrogen-bond acceptors (Lipinski definition) is 3. The van der Waals surface area contributed by atoms with Gasteiger partial charge in [-0.25, -0.2) is 4.98 Å². The Morgan fingerprint density at radius 1 is 1.11 bits per heavy atom. The highest BCUT2D eigenvalue weighted by Gasteiger charge is 2.07. The van der Waals surface area contributed by atoms with Gasteiger partial charge >= 0.3 is 0 Å². The van der Waals surface area contributed by atoms with Crippen LogP contribution in [0.15, 0.2) is 36.7 Å². The van der Waals surface area contributed by atoms with E-state index in [9.17, 15) is 0 Å². The Bertz CT molecular complexity index is 509. The van der Waals surface area contributed by atoms with Crippen LogP contribution in [0.2, 0.25) is 0 Å². The van der Waals surface area contributed by atoms with E-state index < -0.39 is 0 Å². The van der Waals surface area contributed by atoms with Crippen molar-refractivity contribution < 1.29 is 0 Å². The van der Waals surface area contributed by atoms with Crippen LogP contribution in [0.25, 0.3) is 11.3 Å². The van der Waals surface area contributed by atoms with Gasteiger partial charge in [-0.3, -0.25) is 4.98 Å². The smallest absolute Gasteiger partial charge is 0.152 e. The summed E-state index contributed by atoms with van der Waals surface area (Å²) >= 11 is 0. The molecule has 0 unspecified atom stereocenters. The standard InChI is InChI=1S/C15H19N3/c1-3-8-17-15-14(16-9-10-18-15)13-7-5-6-12(4-2)11-13/h5-7,9-11H,3-4,8H2,1-2H3,(H,17,18). The minimum atomic E-state index is 0.868. The van der Waals surface area contributed by atoms with E-state index in [2.05, 4.69) is 53.4 Å². The highest BCUT2D eigenvalue weighted by molar-refractivity contribution is 5.71. The topological polar surface area (TPSA) is 37.8 Å². The average molecular weight is 241 g/mol. The Morgan fingerprint density at radius 2 is 1.94 bits per heavy atom. The van der Waals surface area contributed by atoms with E-state index in [1.165, 1.54) is 5.56 Å². The van der Waals surface area contributed by atoms with Crippen LogP contribution in [0.5, 0.6) is 0 Å². The summed E-state index contributed by atoms with van der Waals surface area (Å²) in [6, 6.07) is 8.48. The van der Waals surface area contributed by atoms with Crippen LogP contribution < -0.4 is 5.32 Å². The number of aromatic nitrogens is 2. The molecular formula is C15H19N3. The van der Waals surface area contributed by atoms with Crippen molar-refractivity contribution in [3.8, 4) is 11.3 Å². The highest BCUT2D eigenvalue weighted by Crippen LogP contribution is 2.24. The molecule has 1 heterocycles. The molecule has 0 saturated carbocycles. The van der Waals surface area contributed by atoms with E-state index >= 15 is 0 Å². The fourth-order valence-electron chi connectivity index (χ4n) is 1.86. The van der Waals surface area contributed by atoms with E-state index in [1.54, 1.807) is 12.4 Å². The van der Waals surface area contributed by atoms with Gasteiger partial charge in [-0.15, -0.1) is 0 Å². The molecule has 18 heavy (non-hydrogen) atoms. The number of rotatable bonds is 5. The average Bonchev–Trinajstić information content (AvgIpc) is 2.45. The number of benzene rings is 1. The molecule has 1 aromatic carbocycles. The molecular weight excluding hydrogens is 222 g/mol. The molecule has 0 amide bonds. The van der Waals surface area contributed by atoms with Gasteiger partial charge in [0.15, 0.2) is 5.82 Å². The summed E-state index contributed by atoms with van der Waals surface area (Å²) in [7, 11) is 0. The third-order valence-electron chi connectivity index (χ3n) is 2.85. The van der Waals surface area contributed by atoms with Gasteiger partial charge in [-0.05, 0) is 24.5 Å². The van der Waals surface area contributed by atoms with Gasteiger partial charge in [0.25, 0.3) is 0 Å². The first kappa shape index (κ1) is 12.6. The monoisotopic (exact) mass is 241 g/mol.